The van der Waals surface area contributed by atoms with E-state index in [0.717, 1.165) is 6.54 Å². The molecule has 20 heavy (non-hydrogen) atoms. The van der Waals surface area contributed by atoms with Crippen LogP contribution in [0.4, 0.5) is 0 Å². The lowest BCUT2D eigenvalue weighted by Gasteiger charge is -2.19. The number of hydrogen-bond donors (Lipinski definition) is 2. The van der Waals surface area contributed by atoms with Gasteiger partial charge in [-0.1, -0.05) is 6.92 Å². The van der Waals surface area contributed by atoms with E-state index in [0.29, 0.717) is 31.3 Å². The normalized spacial score (nSPS) is 15.9. The number of likely N-dealkylation sites (N-methyl/N-ethyl adjacent to an activating group) is 1. The molecule has 1 aliphatic rings. The Bertz CT molecular complexity index is 559. The molecule has 112 valence electrons. The minimum atomic E-state index is -3.53. The van der Waals surface area contributed by atoms with Crippen LogP contribution in [0.15, 0.2) is 23.1 Å². The van der Waals surface area contributed by atoms with Gasteiger partial charge in [-0.2, -0.15) is 0 Å². The number of nitrogens with one attached hydrogen (secondary N) is 2. The van der Waals surface area contributed by atoms with Crippen LogP contribution < -0.4 is 19.5 Å². The van der Waals surface area contributed by atoms with E-state index in [2.05, 4.69) is 10.0 Å². The molecule has 7 heteroatoms. The first-order valence-electron chi connectivity index (χ1n) is 6.65. The third kappa shape index (κ3) is 3.62. The number of ether oxygens (including phenoxy) is 2. The van der Waals surface area contributed by atoms with Crippen molar-refractivity contribution in [2.24, 2.45) is 0 Å². The molecule has 2 rings (SSSR count). The summed E-state index contributed by atoms with van der Waals surface area (Å²) in [5, 5.41) is 3.15. The van der Waals surface area contributed by atoms with Gasteiger partial charge in [0.05, 0.1) is 4.90 Å². The first-order chi connectivity index (χ1) is 9.53. The lowest BCUT2D eigenvalue weighted by molar-refractivity contribution is 0.171. The van der Waals surface area contributed by atoms with Crippen LogP contribution >= 0.6 is 0 Å². The zero-order chi connectivity index (χ0) is 14.6. The van der Waals surface area contributed by atoms with Crippen molar-refractivity contribution in [2.45, 2.75) is 24.8 Å². The van der Waals surface area contributed by atoms with Crippen molar-refractivity contribution in [3.8, 4) is 11.5 Å². The van der Waals surface area contributed by atoms with Gasteiger partial charge >= 0.3 is 0 Å². The zero-order valence-electron chi connectivity index (χ0n) is 11.7. The highest BCUT2D eigenvalue weighted by Crippen LogP contribution is 2.32. The molecule has 0 fully saturated rings. The van der Waals surface area contributed by atoms with Gasteiger partial charge in [-0.15, -0.1) is 0 Å². The second-order valence-corrected chi connectivity index (χ2v) is 6.38. The summed E-state index contributed by atoms with van der Waals surface area (Å²) in [6.07, 6.45) is 0. The molecule has 2 N–H and O–H groups in total. The van der Waals surface area contributed by atoms with Gasteiger partial charge in [-0.25, -0.2) is 13.1 Å². The molecule has 0 amide bonds. The summed E-state index contributed by atoms with van der Waals surface area (Å²) in [7, 11) is -3.53. The van der Waals surface area contributed by atoms with Crippen LogP contribution in [0.5, 0.6) is 11.5 Å². The van der Waals surface area contributed by atoms with Gasteiger partial charge in [0.15, 0.2) is 11.5 Å². The van der Waals surface area contributed by atoms with Crippen molar-refractivity contribution in [3.63, 3.8) is 0 Å². The largest absolute Gasteiger partial charge is 0.486 e. The highest BCUT2D eigenvalue weighted by Gasteiger charge is 2.19. The van der Waals surface area contributed by atoms with Gasteiger partial charge in [0, 0.05) is 18.7 Å². The standard InChI is InChI=1S/C13H20N2O4S/c1-3-14-10(2)9-15-20(16,17)11-4-5-12-13(8-11)19-7-6-18-12/h4-5,8,10,14-15H,3,6-7,9H2,1-2H3/t10-/m1/s1. The van der Waals surface area contributed by atoms with Crippen LogP contribution in [-0.2, 0) is 10.0 Å². The van der Waals surface area contributed by atoms with Crippen molar-refractivity contribution in [2.75, 3.05) is 26.3 Å². The molecule has 1 atom stereocenters. The van der Waals surface area contributed by atoms with E-state index in [1.165, 1.54) is 12.1 Å². The second-order valence-electron chi connectivity index (χ2n) is 4.62. The first kappa shape index (κ1) is 15.1. The number of rotatable bonds is 6. The molecule has 0 aliphatic carbocycles. The third-order valence-electron chi connectivity index (χ3n) is 2.96. The number of hydrogen-bond acceptors (Lipinski definition) is 5. The van der Waals surface area contributed by atoms with E-state index >= 15 is 0 Å². The summed E-state index contributed by atoms with van der Waals surface area (Å²) in [4.78, 5) is 0.186. The molecule has 1 aliphatic heterocycles. The quantitative estimate of drug-likeness (QED) is 0.810. The minimum Gasteiger partial charge on any atom is -0.486 e. The van der Waals surface area contributed by atoms with Gasteiger partial charge in [0.25, 0.3) is 0 Å². The zero-order valence-corrected chi connectivity index (χ0v) is 12.5. The summed E-state index contributed by atoms with van der Waals surface area (Å²) in [5.41, 5.74) is 0. The molecule has 0 saturated heterocycles. The predicted molar refractivity (Wildman–Crippen MR) is 75.8 cm³/mol. The lowest BCUT2D eigenvalue weighted by Crippen LogP contribution is -2.38. The van der Waals surface area contributed by atoms with Crippen molar-refractivity contribution < 1.29 is 17.9 Å². The summed E-state index contributed by atoms with van der Waals surface area (Å²) < 4.78 is 37.7. The molecule has 1 aromatic rings. The Morgan fingerprint density at radius 3 is 2.65 bits per heavy atom. The fraction of sp³-hybridized carbons (Fsp3) is 0.538. The van der Waals surface area contributed by atoms with E-state index in [1.807, 2.05) is 13.8 Å². The van der Waals surface area contributed by atoms with Crippen LogP contribution in [-0.4, -0.2) is 40.8 Å². The smallest absolute Gasteiger partial charge is 0.240 e. The lowest BCUT2D eigenvalue weighted by atomic mass is 10.3. The monoisotopic (exact) mass is 300 g/mol. The summed E-state index contributed by atoms with van der Waals surface area (Å²) in [6, 6.07) is 4.71. The maximum absolute atomic E-state index is 12.2. The number of fused-ring (bicyclic) bond motifs is 1. The first-order valence-corrected chi connectivity index (χ1v) is 8.14. The molecule has 0 spiro atoms. The van der Waals surface area contributed by atoms with Crippen molar-refractivity contribution in [1.82, 2.24) is 10.0 Å². The molecule has 0 aromatic heterocycles. The molecular weight excluding hydrogens is 280 g/mol. The molecule has 0 unspecified atom stereocenters. The van der Waals surface area contributed by atoms with E-state index in [-0.39, 0.29) is 10.9 Å². The molecule has 0 saturated carbocycles. The highest BCUT2D eigenvalue weighted by atomic mass is 32.2. The summed E-state index contributed by atoms with van der Waals surface area (Å²) >= 11 is 0. The Morgan fingerprint density at radius 1 is 1.25 bits per heavy atom. The maximum Gasteiger partial charge on any atom is 0.240 e. The average molecular weight is 300 g/mol. The number of benzene rings is 1. The minimum absolute atomic E-state index is 0.0759. The van der Waals surface area contributed by atoms with Crippen LogP contribution in [0.2, 0.25) is 0 Å². The molecule has 0 bridgehead atoms. The third-order valence-corrected chi connectivity index (χ3v) is 4.38. The van der Waals surface area contributed by atoms with Gasteiger partial charge in [0.1, 0.15) is 13.2 Å². The van der Waals surface area contributed by atoms with E-state index in [1.54, 1.807) is 6.07 Å². The van der Waals surface area contributed by atoms with Gasteiger partial charge in [-0.05, 0) is 25.6 Å². The Morgan fingerprint density at radius 2 is 1.95 bits per heavy atom. The Kier molecular flexibility index (Phi) is 4.85. The summed E-state index contributed by atoms with van der Waals surface area (Å²) in [6.45, 7) is 5.96. The maximum atomic E-state index is 12.2. The molecule has 0 radical (unpaired) electrons. The Hall–Kier alpha value is -1.31. The van der Waals surface area contributed by atoms with Crippen molar-refractivity contribution in [3.05, 3.63) is 18.2 Å². The van der Waals surface area contributed by atoms with Gasteiger partial charge in [0.2, 0.25) is 10.0 Å². The fourth-order valence-corrected chi connectivity index (χ4v) is 3.07. The predicted octanol–water partition coefficient (Wildman–Crippen LogP) is 0.734. The molecule has 1 heterocycles. The Balaban J connectivity index is 2.09. The van der Waals surface area contributed by atoms with E-state index in [9.17, 15) is 8.42 Å². The van der Waals surface area contributed by atoms with Gasteiger partial charge in [-0.3, -0.25) is 0 Å². The van der Waals surface area contributed by atoms with Crippen molar-refractivity contribution >= 4 is 10.0 Å². The number of sulfonamides is 1. The highest BCUT2D eigenvalue weighted by molar-refractivity contribution is 7.89. The van der Waals surface area contributed by atoms with Crippen LogP contribution in [0.3, 0.4) is 0 Å². The summed E-state index contributed by atoms with van der Waals surface area (Å²) in [5.74, 6) is 1.05. The van der Waals surface area contributed by atoms with Crippen molar-refractivity contribution in [1.29, 1.82) is 0 Å². The van der Waals surface area contributed by atoms with Crippen LogP contribution in [0.25, 0.3) is 0 Å². The molecule has 1 aromatic carbocycles. The SMILES string of the molecule is CCN[C@H](C)CNS(=O)(=O)c1ccc2c(c1)OCCO2. The average Bonchev–Trinajstić information content (AvgIpc) is 2.45. The van der Waals surface area contributed by atoms with Crippen LogP contribution in [0, 0.1) is 0 Å². The second kappa shape index (κ2) is 6.43. The molecular formula is C13H20N2O4S. The Labute approximate surface area is 119 Å². The van der Waals surface area contributed by atoms with E-state index < -0.39 is 10.0 Å². The van der Waals surface area contributed by atoms with Crippen LogP contribution in [0.1, 0.15) is 13.8 Å². The van der Waals surface area contributed by atoms with E-state index in [4.69, 9.17) is 9.47 Å². The van der Waals surface area contributed by atoms with Gasteiger partial charge < -0.3 is 14.8 Å². The molecule has 6 nitrogen and oxygen atoms in total. The topological polar surface area (TPSA) is 76.7 Å². The fourth-order valence-electron chi connectivity index (χ4n) is 1.93.